The predicted molar refractivity (Wildman–Crippen MR) is 98.9 cm³/mol. The summed E-state index contributed by atoms with van der Waals surface area (Å²) in [5.74, 6) is 0. The fourth-order valence-electron chi connectivity index (χ4n) is 5.39. The first-order chi connectivity index (χ1) is 10.9. The summed E-state index contributed by atoms with van der Waals surface area (Å²) in [6, 6.07) is 4.11. The molecule has 2 fully saturated rings. The summed E-state index contributed by atoms with van der Waals surface area (Å²) in [6.45, 7) is 13.2. The van der Waals surface area contributed by atoms with Crippen LogP contribution in [0.1, 0.15) is 53.9 Å². The Balaban J connectivity index is 1.71. The summed E-state index contributed by atoms with van der Waals surface area (Å²) in [7, 11) is -3.42. The molecule has 24 heavy (non-hydrogen) atoms. The van der Waals surface area contributed by atoms with Crippen molar-refractivity contribution in [3.63, 3.8) is 0 Å². The van der Waals surface area contributed by atoms with Crippen molar-refractivity contribution in [2.24, 2.45) is 10.8 Å². The summed E-state index contributed by atoms with van der Waals surface area (Å²) >= 11 is 1.27. The first-order valence-corrected chi connectivity index (χ1v) is 11.2. The van der Waals surface area contributed by atoms with Crippen LogP contribution < -0.4 is 9.62 Å². The van der Waals surface area contributed by atoms with E-state index in [1.807, 2.05) is 13.8 Å². The molecule has 1 aromatic rings. The monoisotopic (exact) mass is 371 g/mol. The molecule has 4 nitrogen and oxygen atoms in total. The van der Waals surface area contributed by atoms with Gasteiger partial charge in [0, 0.05) is 18.3 Å². The van der Waals surface area contributed by atoms with E-state index in [4.69, 9.17) is 0 Å². The van der Waals surface area contributed by atoms with Gasteiger partial charge in [-0.05, 0) is 37.1 Å². The molecule has 2 bridgehead atoms. The van der Waals surface area contributed by atoms with E-state index in [1.165, 1.54) is 30.6 Å². The molecule has 0 spiro atoms. The van der Waals surface area contributed by atoms with E-state index in [0.29, 0.717) is 21.1 Å². The van der Waals surface area contributed by atoms with Crippen LogP contribution in [0.5, 0.6) is 0 Å². The summed E-state index contributed by atoms with van der Waals surface area (Å²) in [5, 5.41) is 1.80. The van der Waals surface area contributed by atoms with E-state index in [1.54, 1.807) is 22.4 Å². The molecule has 2 aliphatic rings. The fourth-order valence-corrected chi connectivity index (χ4v) is 7.80. The molecule has 2 N–H and O–H groups in total. The lowest BCUT2D eigenvalue weighted by atomic mass is 9.65. The van der Waals surface area contributed by atoms with Gasteiger partial charge < -0.3 is 4.90 Å². The summed E-state index contributed by atoms with van der Waals surface area (Å²) in [5.41, 5.74) is 0.362. The molecule has 6 heteroatoms. The Kier molecular flexibility index (Phi) is 4.43. The average molecular weight is 372 g/mol. The quantitative estimate of drug-likeness (QED) is 0.834. The largest absolute Gasteiger partial charge is 0.330 e. The number of hydrogen-bond donors (Lipinski definition) is 2. The lowest BCUT2D eigenvalue weighted by Gasteiger charge is -2.37. The standard InChI is InChI=1S/C18H30N2O2S2/c1-16(2)9-14-10-18(5,11-16)13-20(14)12-17(3,4)19-24(21,22)15-7-6-8-23-15/h6-8,14,19H,9-13H2,1-5H3/p+1/t14-,18-/m1/s1. The highest BCUT2D eigenvalue weighted by atomic mass is 32.2. The second kappa shape index (κ2) is 5.79. The van der Waals surface area contributed by atoms with Crippen LogP contribution in [0.4, 0.5) is 0 Å². The number of fused-ring (bicyclic) bond motifs is 2. The van der Waals surface area contributed by atoms with Gasteiger partial charge in [0.2, 0.25) is 0 Å². The highest BCUT2D eigenvalue weighted by Crippen LogP contribution is 2.47. The molecule has 1 unspecified atom stereocenters. The minimum absolute atomic E-state index is 0.402. The van der Waals surface area contributed by atoms with Gasteiger partial charge in [-0.1, -0.05) is 26.8 Å². The highest BCUT2D eigenvalue weighted by Gasteiger charge is 2.53. The average Bonchev–Trinajstić information content (AvgIpc) is 2.93. The van der Waals surface area contributed by atoms with Gasteiger partial charge in [-0.2, -0.15) is 4.72 Å². The number of likely N-dealkylation sites (tertiary alicyclic amines) is 1. The Labute approximate surface area is 150 Å². The Morgan fingerprint density at radius 1 is 1.33 bits per heavy atom. The van der Waals surface area contributed by atoms with Gasteiger partial charge >= 0.3 is 0 Å². The van der Waals surface area contributed by atoms with Crippen LogP contribution in [0.2, 0.25) is 0 Å². The van der Waals surface area contributed by atoms with Crippen LogP contribution in [-0.2, 0) is 10.0 Å². The molecule has 1 aliphatic carbocycles. The minimum Gasteiger partial charge on any atom is -0.330 e. The highest BCUT2D eigenvalue weighted by molar-refractivity contribution is 7.91. The summed E-state index contributed by atoms with van der Waals surface area (Å²) in [4.78, 5) is 1.57. The zero-order valence-corrected chi connectivity index (χ0v) is 17.1. The molecule has 1 aromatic heterocycles. The van der Waals surface area contributed by atoms with Crippen LogP contribution in [-0.4, -0.2) is 33.1 Å². The molecular formula is C18H31N2O2S2+. The topological polar surface area (TPSA) is 50.6 Å². The van der Waals surface area contributed by atoms with Gasteiger partial charge in [0.15, 0.2) is 0 Å². The lowest BCUT2D eigenvalue weighted by molar-refractivity contribution is -0.917. The van der Waals surface area contributed by atoms with E-state index in [-0.39, 0.29) is 0 Å². The van der Waals surface area contributed by atoms with Crippen molar-refractivity contribution in [3.8, 4) is 0 Å². The van der Waals surface area contributed by atoms with Crippen molar-refractivity contribution in [1.29, 1.82) is 0 Å². The second-order valence-electron chi connectivity index (χ2n) is 9.69. The molecule has 1 saturated heterocycles. The molecule has 0 radical (unpaired) electrons. The molecular weight excluding hydrogens is 340 g/mol. The maximum atomic E-state index is 12.6. The zero-order chi connectivity index (χ0) is 17.8. The molecule has 1 saturated carbocycles. The van der Waals surface area contributed by atoms with Crippen LogP contribution >= 0.6 is 11.3 Å². The summed E-state index contributed by atoms with van der Waals surface area (Å²) in [6.07, 6.45) is 3.80. The van der Waals surface area contributed by atoms with Crippen LogP contribution in [0.25, 0.3) is 0 Å². The second-order valence-corrected chi connectivity index (χ2v) is 12.5. The van der Waals surface area contributed by atoms with Crippen molar-refractivity contribution in [2.75, 3.05) is 13.1 Å². The van der Waals surface area contributed by atoms with Gasteiger partial charge in [0.25, 0.3) is 10.0 Å². The van der Waals surface area contributed by atoms with Crippen molar-refractivity contribution < 1.29 is 13.3 Å². The summed E-state index contributed by atoms with van der Waals surface area (Å²) < 4.78 is 28.5. The molecule has 3 atom stereocenters. The molecule has 0 aromatic carbocycles. The SMILES string of the molecule is CC1(C)C[C@@H]2C[C@@](C)(C[NH+]2CC(C)(C)NS(=O)(=O)c2cccs2)C1. The van der Waals surface area contributed by atoms with Crippen LogP contribution in [0.15, 0.2) is 21.7 Å². The number of sulfonamides is 1. The van der Waals surface area contributed by atoms with E-state index in [2.05, 4.69) is 25.5 Å². The first kappa shape index (κ1) is 18.4. The van der Waals surface area contributed by atoms with Gasteiger partial charge in [-0.15, -0.1) is 11.3 Å². The van der Waals surface area contributed by atoms with Gasteiger partial charge in [0.05, 0.1) is 24.7 Å². The van der Waals surface area contributed by atoms with Gasteiger partial charge in [0.1, 0.15) is 4.21 Å². The maximum Gasteiger partial charge on any atom is 0.250 e. The minimum atomic E-state index is -3.42. The van der Waals surface area contributed by atoms with Crippen molar-refractivity contribution >= 4 is 21.4 Å². The van der Waals surface area contributed by atoms with E-state index < -0.39 is 15.6 Å². The third-order valence-corrected chi connectivity index (χ3v) is 8.61. The van der Waals surface area contributed by atoms with Crippen LogP contribution in [0, 0.1) is 10.8 Å². The zero-order valence-electron chi connectivity index (χ0n) is 15.5. The number of quaternary nitrogens is 1. The van der Waals surface area contributed by atoms with E-state index in [0.717, 1.165) is 13.1 Å². The Hall–Kier alpha value is -0.430. The van der Waals surface area contributed by atoms with E-state index >= 15 is 0 Å². The number of rotatable bonds is 5. The molecule has 1 aliphatic heterocycles. The molecule has 0 amide bonds. The third kappa shape index (κ3) is 3.87. The molecule has 2 heterocycles. The van der Waals surface area contributed by atoms with Crippen LogP contribution in [0.3, 0.4) is 0 Å². The first-order valence-electron chi connectivity index (χ1n) is 8.82. The predicted octanol–water partition coefficient (Wildman–Crippen LogP) is 2.29. The third-order valence-electron chi connectivity index (χ3n) is 5.51. The Morgan fingerprint density at radius 2 is 2.04 bits per heavy atom. The van der Waals surface area contributed by atoms with Crippen molar-refractivity contribution in [2.45, 2.75) is 69.7 Å². The van der Waals surface area contributed by atoms with Crippen molar-refractivity contribution in [1.82, 2.24) is 4.72 Å². The molecule has 136 valence electrons. The Bertz CT molecular complexity index is 695. The van der Waals surface area contributed by atoms with Gasteiger partial charge in [-0.3, -0.25) is 0 Å². The maximum absolute atomic E-state index is 12.6. The lowest BCUT2D eigenvalue weighted by Crippen LogP contribution is -3.16. The number of thiophene rings is 1. The number of nitrogens with one attached hydrogen (secondary N) is 2. The van der Waals surface area contributed by atoms with Crippen molar-refractivity contribution in [3.05, 3.63) is 17.5 Å². The smallest absolute Gasteiger partial charge is 0.250 e. The van der Waals surface area contributed by atoms with Gasteiger partial charge in [-0.25, -0.2) is 8.42 Å². The normalized spacial score (nSPS) is 32.9. The Morgan fingerprint density at radius 3 is 2.67 bits per heavy atom. The number of hydrogen-bond acceptors (Lipinski definition) is 3. The van der Waals surface area contributed by atoms with E-state index in [9.17, 15) is 8.42 Å². The fraction of sp³-hybridized carbons (Fsp3) is 0.778. The molecule has 3 rings (SSSR count).